The van der Waals surface area contributed by atoms with E-state index in [9.17, 15) is 14.4 Å². The number of amides is 5. The van der Waals surface area contributed by atoms with Gasteiger partial charge in [0, 0.05) is 6.54 Å². The van der Waals surface area contributed by atoms with Crippen molar-refractivity contribution < 1.29 is 14.4 Å². The van der Waals surface area contributed by atoms with Gasteiger partial charge in [-0.15, -0.1) is 0 Å². The van der Waals surface area contributed by atoms with Gasteiger partial charge in [0.2, 0.25) is 5.91 Å². The SMILES string of the molecule is CCCCN1C(=O)NC(=O)C2C(c3ccc(C)cc3)NC(=O)NC21. The fourth-order valence-corrected chi connectivity index (χ4v) is 3.27. The molecule has 1 aromatic carbocycles. The first-order valence-electron chi connectivity index (χ1n) is 8.26. The molecule has 24 heavy (non-hydrogen) atoms. The monoisotopic (exact) mass is 330 g/mol. The van der Waals surface area contributed by atoms with Gasteiger partial charge >= 0.3 is 12.1 Å². The highest BCUT2D eigenvalue weighted by atomic mass is 16.2. The van der Waals surface area contributed by atoms with Crippen molar-refractivity contribution in [3.63, 3.8) is 0 Å². The highest BCUT2D eigenvalue weighted by Gasteiger charge is 2.49. The van der Waals surface area contributed by atoms with Gasteiger partial charge in [0.1, 0.15) is 12.1 Å². The Morgan fingerprint density at radius 1 is 1.08 bits per heavy atom. The van der Waals surface area contributed by atoms with Crippen LogP contribution < -0.4 is 16.0 Å². The Hall–Kier alpha value is -2.57. The molecule has 3 rings (SSSR count). The third-order valence-corrected chi connectivity index (χ3v) is 4.58. The van der Waals surface area contributed by atoms with Gasteiger partial charge in [-0.05, 0) is 18.9 Å². The van der Waals surface area contributed by atoms with E-state index in [0.717, 1.165) is 24.0 Å². The minimum absolute atomic E-state index is 0.365. The molecule has 3 unspecified atom stereocenters. The maximum atomic E-state index is 12.5. The Balaban J connectivity index is 1.94. The quantitative estimate of drug-likeness (QED) is 0.784. The fourth-order valence-electron chi connectivity index (χ4n) is 3.27. The lowest BCUT2D eigenvalue weighted by molar-refractivity contribution is -0.130. The summed E-state index contributed by atoms with van der Waals surface area (Å²) in [5, 5.41) is 7.99. The van der Waals surface area contributed by atoms with Gasteiger partial charge in [-0.2, -0.15) is 0 Å². The number of imide groups is 1. The molecule has 0 radical (unpaired) electrons. The van der Waals surface area contributed by atoms with Crippen LogP contribution in [0.25, 0.3) is 0 Å². The molecule has 3 atom stereocenters. The second-order valence-electron chi connectivity index (χ2n) is 6.32. The molecule has 0 aromatic heterocycles. The number of urea groups is 2. The minimum atomic E-state index is -0.627. The number of hydrogen-bond donors (Lipinski definition) is 3. The summed E-state index contributed by atoms with van der Waals surface area (Å²) in [4.78, 5) is 38.3. The molecule has 2 heterocycles. The molecule has 2 aliphatic heterocycles. The summed E-state index contributed by atoms with van der Waals surface area (Å²) in [5.41, 5.74) is 1.95. The first-order chi connectivity index (χ1) is 11.5. The van der Waals surface area contributed by atoms with E-state index >= 15 is 0 Å². The number of benzene rings is 1. The van der Waals surface area contributed by atoms with Crippen molar-refractivity contribution in [1.29, 1.82) is 0 Å². The predicted octanol–water partition coefficient (Wildman–Crippen LogP) is 1.64. The molecular formula is C17H22N4O3. The van der Waals surface area contributed by atoms with Crippen LogP contribution in [0.15, 0.2) is 24.3 Å². The first kappa shape index (κ1) is 16.3. The van der Waals surface area contributed by atoms with Gasteiger partial charge in [0.15, 0.2) is 0 Å². The second kappa shape index (κ2) is 6.51. The van der Waals surface area contributed by atoms with Gasteiger partial charge in [0.25, 0.3) is 0 Å². The number of nitrogens with one attached hydrogen (secondary N) is 3. The summed E-state index contributed by atoms with van der Waals surface area (Å²) in [6.07, 6.45) is 1.10. The Labute approximate surface area is 140 Å². The van der Waals surface area contributed by atoms with Gasteiger partial charge in [-0.3, -0.25) is 10.1 Å². The molecular weight excluding hydrogens is 308 g/mol. The second-order valence-corrected chi connectivity index (χ2v) is 6.32. The lowest BCUT2D eigenvalue weighted by Gasteiger charge is -2.46. The van der Waals surface area contributed by atoms with Crippen molar-refractivity contribution in [3.8, 4) is 0 Å². The van der Waals surface area contributed by atoms with Crippen molar-refractivity contribution >= 4 is 18.0 Å². The molecule has 0 spiro atoms. The molecule has 0 bridgehead atoms. The van der Waals surface area contributed by atoms with Crippen molar-refractivity contribution in [1.82, 2.24) is 20.9 Å². The van der Waals surface area contributed by atoms with E-state index < -0.39 is 24.2 Å². The third kappa shape index (κ3) is 2.93. The number of hydrogen-bond acceptors (Lipinski definition) is 3. The van der Waals surface area contributed by atoms with Crippen molar-refractivity contribution in [3.05, 3.63) is 35.4 Å². The summed E-state index contributed by atoms with van der Waals surface area (Å²) in [6, 6.07) is 6.41. The number of carbonyl (C=O) groups is 3. The standard InChI is InChI=1S/C17H22N4O3/c1-3-4-9-21-14-12(15(22)20-17(21)24)13(18-16(23)19-14)11-7-5-10(2)6-8-11/h5-8,12-14H,3-4,9H2,1-2H3,(H2,18,19,23)(H,20,22,24). The maximum absolute atomic E-state index is 12.5. The summed E-state index contributed by atoms with van der Waals surface area (Å²) in [7, 11) is 0. The average Bonchev–Trinajstić information content (AvgIpc) is 2.54. The lowest BCUT2D eigenvalue weighted by atomic mass is 9.86. The number of nitrogens with zero attached hydrogens (tertiary/aromatic N) is 1. The number of carbonyl (C=O) groups excluding carboxylic acids is 3. The highest BCUT2D eigenvalue weighted by Crippen LogP contribution is 2.32. The largest absolute Gasteiger partial charge is 0.330 e. The zero-order valence-electron chi connectivity index (χ0n) is 13.8. The smallest absolute Gasteiger partial charge is 0.325 e. The van der Waals surface area contributed by atoms with Crippen LogP contribution in [0.4, 0.5) is 9.59 Å². The molecule has 2 aliphatic rings. The van der Waals surface area contributed by atoms with E-state index in [4.69, 9.17) is 0 Å². The van der Waals surface area contributed by atoms with Gasteiger partial charge in [-0.1, -0.05) is 43.2 Å². The van der Waals surface area contributed by atoms with E-state index in [1.165, 1.54) is 0 Å². The fraction of sp³-hybridized carbons (Fsp3) is 0.471. The van der Waals surface area contributed by atoms with Crippen LogP contribution in [-0.4, -0.2) is 35.6 Å². The number of fused-ring (bicyclic) bond motifs is 1. The van der Waals surface area contributed by atoms with Crippen LogP contribution in [0.5, 0.6) is 0 Å². The molecule has 7 nitrogen and oxygen atoms in total. The van der Waals surface area contributed by atoms with Crippen LogP contribution in [0.3, 0.4) is 0 Å². The minimum Gasteiger partial charge on any atom is -0.330 e. The molecule has 0 saturated carbocycles. The summed E-state index contributed by atoms with van der Waals surface area (Å²) >= 11 is 0. The van der Waals surface area contributed by atoms with Crippen LogP contribution in [0.1, 0.15) is 36.9 Å². The Bertz CT molecular complexity index is 658. The molecule has 2 saturated heterocycles. The van der Waals surface area contributed by atoms with Gasteiger partial charge < -0.3 is 15.5 Å². The molecule has 3 N–H and O–H groups in total. The number of rotatable bonds is 4. The van der Waals surface area contributed by atoms with Crippen LogP contribution in [-0.2, 0) is 4.79 Å². The normalized spacial score (nSPS) is 26.3. The summed E-state index contributed by atoms with van der Waals surface area (Å²) in [6.45, 7) is 4.50. The maximum Gasteiger partial charge on any atom is 0.325 e. The van der Waals surface area contributed by atoms with Gasteiger partial charge in [-0.25, -0.2) is 9.59 Å². The predicted molar refractivity (Wildman–Crippen MR) is 88.0 cm³/mol. The van der Waals surface area contributed by atoms with Crippen LogP contribution in [0.2, 0.25) is 0 Å². The average molecular weight is 330 g/mol. The molecule has 1 aromatic rings. The molecule has 128 valence electrons. The molecule has 0 aliphatic carbocycles. The van der Waals surface area contributed by atoms with Gasteiger partial charge in [0.05, 0.1) is 6.04 Å². The zero-order valence-corrected chi connectivity index (χ0v) is 13.8. The molecule has 2 fully saturated rings. The van der Waals surface area contributed by atoms with E-state index in [0.29, 0.717) is 6.54 Å². The Kier molecular flexibility index (Phi) is 4.42. The zero-order chi connectivity index (χ0) is 17.3. The van der Waals surface area contributed by atoms with Crippen LogP contribution in [0, 0.1) is 12.8 Å². The Morgan fingerprint density at radius 2 is 1.79 bits per heavy atom. The van der Waals surface area contributed by atoms with Crippen molar-refractivity contribution in [2.75, 3.05) is 6.54 Å². The Morgan fingerprint density at radius 3 is 2.46 bits per heavy atom. The highest BCUT2D eigenvalue weighted by molar-refractivity contribution is 6.00. The van der Waals surface area contributed by atoms with E-state index in [-0.39, 0.29) is 11.9 Å². The number of unbranched alkanes of at least 4 members (excludes halogenated alkanes) is 1. The lowest BCUT2D eigenvalue weighted by Crippen LogP contribution is -2.72. The first-order valence-corrected chi connectivity index (χ1v) is 8.26. The third-order valence-electron chi connectivity index (χ3n) is 4.58. The summed E-state index contributed by atoms with van der Waals surface area (Å²) < 4.78 is 0. The van der Waals surface area contributed by atoms with E-state index in [1.54, 1.807) is 4.90 Å². The van der Waals surface area contributed by atoms with E-state index in [2.05, 4.69) is 16.0 Å². The van der Waals surface area contributed by atoms with Crippen LogP contribution >= 0.6 is 0 Å². The summed E-state index contributed by atoms with van der Waals surface area (Å²) in [5.74, 6) is -0.934. The molecule has 5 amide bonds. The number of aryl methyl sites for hydroxylation is 1. The molecule has 7 heteroatoms. The van der Waals surface area contributed by atoms with Crippen molar-refractivity contribution in [2.24, 2.45) is 5.92 Å². The van der Waals surface area contributed by atoms with E-state index in [1.807, 2.05) is 38.1 Å². The van der Waals surface area contributed by atoms with Crippen molar-refractivity contribution in [2.45, 2.75) is 38.9 Å². The topological polar surface area (TPSA) is 90.5 Å².